The Bertz CT molecular complexity index is 1670. The van der Waals surface area contributed by atoms with Crippen molar-refractivity contribution in [1.29, 1.82) is 0 Å². The lowest BCUT2D eigenvalue weighted by Gasteiger charge is -2.35. The Hall–Kier alpha value is -4.14. The summed E-state index contributed by atoms with van der Waals surface area (Å²) in [5, 5.41) is 3.36. The summed E-state index contributed by atoms with van der Waals surface area (Å²) in [5.41, 5.74) is 2.41. The number of carbonyl (C=O) groups is 2. The maximum absolute atomic E-state index is 14.5. The molecule has 9 heteroatoms. The fourth-order valence-corrected chi connectivity index (χ4v) is 6.39. The van der Waals surface area contributed by atoms with Gasteiger partial charge in [0.2, 0.25) is 11.8 Å². The second kappa shape index (κ2) is 14.1. The van der Waals surface area contributed by atoms with Crippen molar-refractivity contribution >= 4 is 39.1 Å². The normalized spacial score (nSPS) is 12.3. The van der Waals surface area contributed by atoms with Crippen LogP contribution in [0.2, 0.25) is 5.02 Å². The van der Waals surface area contributed by atoms with Crippen LogP contribution in [0.25, 0.3) is 0 Å². The first-order valence-electron chi connectivity index (χ1n) is 14.4. The van der Waals surface area contributed by atoms with Crippen molar-refractivity contribution in [2.75, 3.05) is 10.8 Å². The van der Waals surface area contributed by atoms with Crippen LogP contribution in [-0.2, 0) is 32.6 Å². The van der Waals surface area contributed by atoms with Gasteiger partial charge in [-0.1, -0.05) is 96.0 Å². The monoisotopic (exact) mass is 631 g/mol. The number of hydrogen-bond acceptors (Lipinski definition) is 4. The number of nitrogens with one attached hydrogen (secondary N) is 1. The molecule has 230 valence electrons. The molecule has 0 unspecified atom stereocenters. The maximum atomic E-state index is 14.5. The van der Waals surface area contributed by atoms with Crippen LogP contribution >= 0.6 is 11.6 Å². The summed E-state index contributed by atoms with van der Waals surface area (Å²) in [5.74, 6) is -0.864. The molecule has 0 aromatic heterocycles. The third kappa shape index (κ3) is 8.71. The lowest BCUT2D eigenvalue weighted by Crippen LogP contribution is -2.56. The van der Waals surface area contributed by atoms with Crippen molar-refractivity contribution in [3.8, 4) is 0 Å². The number of hydrogen-bond donors (Lipinski definition) is 1. The predicted molar refractivity (Wildman–Crippen MR) is 176 cm³/mol. The Morgan fingerprint density at radius 2 is 1.43 bits per heavy atom. The van der Waals surface area contributed by atoms with Crippen molar-refractivity contribution in [2.45, 2.75) is 57.1 Å². The highest BCUT2D eigenvalue weighted by molar-refractivity contribution is 7.92. The molecule has 0 saturated carbocycles. The molecular weight excluding hydrogens is 594 g/mol. The maximum Gasteiger partial charge on any atom is 0.264 e. The van der Waals surface area contributed by atoms with Crippen LogP contribution in [0.15, 0.2) is 114 Å². The van der Waals surface area contributed by atoms with Gasteiger partial charge in [-0.05, 0) is 69.2 Å². The summed E-state index contributed by atoms with van der Waals surface area (Å²) in [7, 11) is -4.18. The van der Waals surface area contributed by atoms with Gasteiger partial charge in [-0.3, -0.25) is 13.9 Å². The van der Waals surface area contributed by atoms with Crippen LogP contribution in [0.4, 0.5) is 5.69 Å². The number of carbonyl (C=O) groups excluding carboxylic acids is 2. The minimum Gasteiger partial charge on any atom is -0.350 e. The van der Waals surface area contributed by atoms with Crippen molar-refractivity contribution in [3.05, 3.63) is 131 Å². The summed E-state index contributed by atoms with van der Waals surface area (Å²) in [6.45, 7) is 7.16. The van der Waals surface area contributed by atoms with Gasteiger partial charge >= 0.3 is 0 Å². The molecule has 1 atom stereocenters. The molecule has 0 aliphatic carbocycles. The minimum atomic E-state index is -4.18. The van der Waals surface area contributed by atoms with Gasteiger partial charge in [-0.2, -0.15) is 0 Å². The number of aryl methyl sites for hydroxylation is 1. The fourth-order valence-electron chi connectivity index (χ4n) is 4.78. The largest absolute Gasteiger partial charge is 0.350 e. The SMILES string of the molecule is Cc1ccc(CN(C(=O)CN(c2cccc(Cl)c2)S(=O)(=O)c2ccccc2)[C@H](Cc2ccccc2)C(=O)NC(C)(C)C)cc1. The Balaban J connectivity index is 1.81. The van der Waals surface area contributed by atoms with Crippen LogP contribution in [0.1, 0.15) is 37.5 Å². The molecule has 44 heavy (non-hydrogen) atoms. The number of sulfonamides is 1. The average molecular weight is 632 g/mol. The molecule has 4 rings (SSSR count). The van der Waals surface area contributed by atoms with E-state index in [1.165, 1.54) is 23.1 Å². The molecule has 0 saturated heterocycles. The molecule has 0 spiro atoms. The zero-order valence-corrected chi connectivity index (χ0v) is 27.0. The highest BCUT2D eigenvalue weighted by Gasteiger charge is 2.35. The molecule has 0 aliphatic rings. The van der Waals surface area contributed by atoms with E-state index >= 15 is 0 Å². The van der Waals surface area contributed by atoms with E-state index < -0.39 is 34.1 Å². The molecule has 0 bridgehead atoms. The predicted octanol–water partition coefficient (Wildman–Crippen LogP) is 6.40. The van der Waals surface area contributed by atoms with Gasteiger partial charge in [0.1, 0.15) is 12.6 Å². The van der Waals surface area contributed by atoms with Gasteiger partial charge in [-0.25, -0.2) is 8.42 Å². The summed E-state index contributed by atoms with van der Waals surface area (Å²) >= 11 is 6.28. The standard InChI is InChI=1S/C35H38ClN3O4S/c1-26-18-20-28(21-19-26)24-38(32(34(41)37-35(2,3)4)22-27-12-7-5-8-13-27)33(40)25-39(30-15-11-14-29(36)23-30)44(42,43)31-16-9-6-10-17-31/h5-21,23,32H,22,24-25H2,1-4H3,(H,37,41)/t32-/m1/s1. The van der Waals surface area contributed by atoms with E-state index in [9.17, 15) is 18.0 Å². The topological polar surface area (TPSA) is 86.8 Å². The second-order valence-electron chi connectivity index (χ2n) is 11.8. The van der Waals surface area contributed by atoms with E-state index in [1.54, 1.807) is 36.4 Å². The number of benzene rings is 4. The van der Waals surface area contributed by atoms with Crippen LogP contribution in [0.5, 0.6) is 0 Å². The molecule has 0 fully saturated rings. The molecule has 4 aromatic carbocycles. The first kappa shape index (κ1) is 32.8. The Morgan fingerprint density at radius 3 is 2.02 bits per heavy atom. The highest BCUT2D eigenvalue weighted by Crippen LogP contribution is 2.27. The van der Waals surface area contributed by atoms with Crippen molar-refractivity contribution in [1.82, 2.24) is 10.2 Å². The third-order valence-electron chi connectivity index (χ3n) is 6.95. The Morgan fingerprint density at radius 1 is 0.818 bits per heavy atom. The summed E-state index contributed by atoms with van der Waals surface area (Å²) in [6.07, 6.45) is 0.239. The van der Waals surface area contributed by atoms with E-state index in [-0.39, 0.29) is 29.5 Å². The lowest BCUT2D eigenvalue weighted by molar-refractivity contribution is -0.140. The summed E-state index contributed by atoms with van der Waals surface area (Å²) in [6, 6.07) is 30.6. The van der Waals surface area contributed by atoms with Crippen molar-refractivity contribution in [2.24, 2.45) is 0 Å². The van der Waals surface area contributed by atoms with Gasteiger partial charge in [0.15, 0.2) is 0 Å². The molecular formula is C35H38ClN3O4S. The fraction of sp³-hybridized carbons (Fsp3) is 0.257. The number of amides is 2. The van der Waals surface area contributed by atoms with E-state index in [1.807, 2.05) is 82.3 Å². The Kier molecular flexibility index (Phi) is 10.5. The second-order valence-corrected chi connectivity index (χ2v) is 14.1. The molecule has 0 heterocycles. The number of anilines is 1. The molecule has 1 N–H and O–H groups in total. The van der Waals surface area contributed by atoms with Crippen molar-refractivity contribution in [3.63, 3.8) is 0 Å². The number of nitrogens with zero attached hydrogens (tertiary/aromatic N) is 2. The van der Waals surface area contributed by atoms with E-state index in [2.05, 4.69) is 5.32 Å². The van der Waals surface area contributed by atoms with Crippen LogP contribution < -0.4 is 9.62 Å². The van der Waals surface area contributed by atoms with Gasteiger partial charge in [0, 0.05) is 23.5 Å². The van der Waals surface area contributed by atoms with E-state index in [0.717, 1.165) is 21.0 Å². The van der Waals surface area contributed by atoms with E-state index in [4.69, 9.17) is 11.6 Å². The zero-order valence-electron chi connectivity index (χ0n) is 25.4. The third-order valence-corrected chi connectivity index (χ3v) is 8.97. The molecule has 0 aliphatic heterocycles. The van der Waals surface area contributed by atoms with Gasteiger partial charge < -0.3 is 10.2 Å². The van der Waals surface area contributed by atoms with E-state index in [0.29, 0.717) is 5.02 Å². The summed E-state index contributed by atoms with van der Waals surface area (Å²) < 4.78 is 29.1. The zero-order chi connectivity index (χ0) is 31.9. The van der Waals surface area contributed by atoms with Gasteiger partial charge in [0.05, 0.1) is 10.6 Å². The number of halogens is 1. The summed E-state index contributed by atoms with van der Waals surface area (Å²) in [4.78, 5) is 29.9. The van der Waals surface area contributed by atoms with Gasteiger partial charge in [0.25, 0.3) is 10.0 Å². The first-order valence-corrected chi connectivity index (χ1v) is 16.2. The molecule has 4 aromatic rings. The van der Waals surface area contributed by atoms with Gasteiger partial charge in [-0.15, -0.1) is 0 Å². The minimum absolute atomic E-state index is 0.0316. The highest BCUT2D eigenvalue weighted by atomic mass is 35.5. The quantitative estimate of drug-likeness (QED) is 0.208. The van der Waals surface area contributed by atoms with Crippen LogP contribution in [0.3, 0.4) is 0 Å². The molecule has 0 radical (unpaired) electrons. The average Bonchev–Trinajstić information content (AvgIpc) is 2.98. The first-order chi connectivity index (χ1) is 20.8. The Labute approximate surface area is 265 Å². The number of rotatable bonds is 11. The van der Waals surface area contributed by atoms with Crippen LogP contribution in [0, 0.1) is 6.92 Å². The smallest absolute Gasteiger partial charge is 0.264 e. The molecule has 7 nitrogen and oxygen atoms in total. The lowest BCUT2D eigenvalue weighted by atomic mass is 10.0. The molecule has 2 amide bonds. The van der Waals surface area contributed by atoms with Crippen LogP contribution in [-0.4, -0.2) is 43.3 Å². The van der Waals surface area contributed by atoms with Crippen molar-refractivity contribution < 1.29 is 18.0 Å².